The van der Waals surface area contributed by atoms with E-state index in [2.05, 4.69) is 92.0 Å². The Balaban J connectivity index is 2.56. The minimum atomic E-state index is -5.17. The number of aliphatic hydroxyl groups is 6. The number of hydrogen-bond donors (Lipinski definition) is 7. The quantitative estimate of drug-likeness (QED) is 0.0136. The van der Waals surface area contributed by atoms with E-state index in [1.165, 1.54) is 0 Å². The fraction of sp³-hybridized carbons (Fsp3) is 0.569. The Hall–Kier alpha value is -3.79. The predicted molar refractivity (Wildman–Crippen MR) is 259 cm³/mol. The molecule has 1 rings (SSSR count). The molecule has 0 amide bonds. The molecule has 0 aromatic heterocycles. The number of esters is 2. The summed E-state index contributed by atoms with van der Waals surface area (Å²) in [6.07, 6.45) is 39.7. The van der Waals surface area contributed by atoms with Crippen molar-refractivity contribution in [1.82, 2.24) is 0 Å². The van der Waals surface area contributed by atoms with Gasteiger partial charge in [0, 0.05) is 12.8 Å². The van der Waals surface area contributed by atoms with E-state index in [9.17, 15) is 49.7 Å². The first-order valence-corrected chi connectivity index (χ1v) is 24.9. The third-order valence-corrected chi connectivity index (χ3v) is 10.8. The maximum absolute atomic E-state index is 12.8. The van der Waals surface area contributed by atoms with Crippen LogP contribution in [0, 0.1) is 0 Å². The summed E-state index contributed by atoms with van der Waals surface area (Å²) >= 11 is 0. The summed E-state index contributed by atoms with van der Waals surface area (Å²) in [5, 5.41) is 59.4. The number of ether oxygens (including phenoxy) is 2. The molecule has 0 bridgehead atoms. The highest BCUT2D eigenvalue weighted by Gasteiger charge is 2.51. The topological polar surface area (TPSA) is 230 Å². The van der Waals surface area contributed by atoms with Gasteiger partial charge in [-0.1, -0.05) is 128 Å². The summed E-state index contributed by atoms with van der Waals surface area (Å²) in [5.74, 6) is -1.29. The molecule has 0 aliphatic heterocycles. The third-order valence-electron chi connectivity index (χ3n) is 9.82. The van der Waals surface area contributed by atoms with Gasteiger partial charge >= 0.3 is 19.8 Å². The Morgan fingerprint density at radius 3 is 1.36 bits per heavy atom. The van der Waals surface area contributed by atoms with Gasteiger partial charge in [0.25, 0.3) is 0 Å². The van der Waals surface area contributed by atoms with Crippen molar-refractivity contribution in [3.63, 3.8) is 0 Å². The Morgan fingerprint density at radius 1 is 0.530 bits per heavy atom. The van der Waals surface area contributed by atoms with Gasteiger partial charge in [-0.25, -0.2) is 4.57 Å². The number of carbonyl (C=O) groups excluding carboxylic acids is 2. The average molecular weight is 947 g/mol. The molecule has 3 unspecified atom stereocenters. The lowest BCUT2D eigenvalue weighted by Crippen LogP contribution is -2.64. The summed E-state index contributed by atoms with van der Waals surface area (Å²) in [4.78, 5) is 35.7. The molecule has 1 aliphatic carbocycles. The number of phosphoric acid groups is 1. The lowest BCUT2D eigenvalue weighted by Gasteiger charge is -2.41. The summed E-state index contributed by atoms with van der Waals surface area (Å²) < 4.78 is 33.4. The minimum Gasteiger partial charge on any atom is -0.462 e. The second-order valence-corrected chi connectivity index (χ2v) is 17.2. The van der Waals surface area contributed by atoms with E-state index in [0.29, 0.717) is 25.7 Å². The van der Waals surface area contributed by atoms with Gasteiger partial charge in [0.2, 0.25) is 0 Å². The fourth-order valence-corrected chi connectivity index (χ4v) is 7.06. The first kappa shape index (κ1) is 60.2. The van der Waals surface area contributed by atoms with E-state index >= 15 is 0 Å². The van der Waals surface area contributed by atoms with Crippen molar-refractivity contribution < 1.29 is 68.2 Å². The van der Waals surface area contributed by atoms with Crippen molar-refractivity contribution in [1.29, 1.82) is 0 Å². The van der Waals surface area contributed by atoms with Crippen LogP contribution in [0.2, 0.25) is 0 Å². The molecule has 0 radical (unpaired) electrons. The number of phosphoric ester groups is 1. The molecule has 0 saturated heterocycles. The first-order chi connectivity index (χ1) is 31.8. The molecule has 14 nitrogen and oxygen atoms in total. The number of hydrogen-bond acceptors (Lipinski definition) is 13. The van der Waals surface area contributed by atoms with Crippen molar-refractivity contribution in [2.75, 3.05) is 13.2 Å². The Morgan fingerprint density at radius 2 is 0.924 bits per heavy atom. The second-order valence-electron chi connectivity index (χ2n) is 15.8. The molecule has 1 aliphatic rings. The molecule has 66 heavy (non-hydrogen) atoms. The standard InChI is InChI=1S/C51H79O14P/c1-3-4-5-6-7-8-9-10-11-12-13-14-17-21-24-27-30-33-36-39-45(54)64-43(41-63-66(60,61)65-51-49(58)47(56)46(55)48(57)50(51)59)40-62-44(53)38-35-32-29-26-23-20-18-15-16-19-22-25-28-31-34-37-42(2)52/h4-5,7-8,10-11,13-14,16,18-21,24-26,28-30,33,42-43,46-52,55-59H,3,6,9,12,15,17,22-23,27,31-32,34-41H2,1-2H3,(H,60,61)/b5-4-,8-7-,11-10-,14-13-,19-16-,20-18-,24-21-,28-25-,29-26-,33-30-/t42-,43-,46?,47-,48+,49-,50-,51?/m1/s1. The van der Waals surface area contributed by atoms with E-state index in [1.807, 2.05) is 36.5 Å². The van der Waals surface area contributed by atoms with Gasteiger partial charge in [0.1, 0.15) is 43.2 Å². The average Bonchev–Trinajstić information content (AvgIpc) is 3.29. The molecular formula is C51H79O14P. The summed E-state index contributed by atoms with van der Waals surface area (Å²) in [6.45, 7) is 2.61. The van der Waals surface area contributed by atoms with E-state index in [-0.39, 0.29) is 18.9 Å². The molecule has 372 valence electrons. The highest BCUT2D eigenvalue weighted by atomic mass is 31.2. The lowest BCUT2D eigenvalue weighted by atomic mass is 9.85. The first-order valence-electron chi connectivity index (χ1n) is 23.4. The maximum Gasteiger partial charge on any atom is 0.472 e. The summed E-state index contributed by atoms with van der Waals surface area (Å²) in [6, 6.07) is 0. The van der Waals surface area contributed by atoms with Crippen LogP contribution in [-0.4, -0.2) is 110 Å². The Labute approximate surface area is 393 Å². The van der Waals surface area contributed by atoms with Crippen LogP contribution in [0.5, 0.6) is 0 Å². The summed E-state index contributed by atoms with van der Waals surface area (Å²) in [5.41, 5.74) is 0. The van der Waals surface area contributed by atoms with E-state index in [1.54, 1.807) is 6.92 Å². The van der Waals surface area contributed by atoms with Gasteiger partial charge in [-0.05, 0) is 103 Å². The number of aliphatic hydroxyl groups excluding tert-OH is 6. The highest BCUT2D eigenvalue weighted by Crippen LogP contribution is 2.47. The van der Waals surface area contributed by atoms with E-state index < -0.39 is 75.7 Å². The normalized spacial score (nSPS) is 22.9. The molecule has 15 heteroatoms. The van der Waals surface area contributed by atoms with Gasteiger partial charge in [0.15, 0.2) is 6.10 Å². The van der Waals surface area contributed by atoms with Crippen LogP contribution in [0.25, 0.3) is 0 Å². The molecule has 9 atom stereocenters. The molecule has 7 N–H and O–H groups in total. The number of rotatable bonds is 36. The van der Waals surface area contributed by atoms with Crippen LogP contribution in [0.15, 0.2) is 122 Å². The van der Waals surface area contributed by atoms with Crippen LogP contribution in [0.1, 0.15) is 123 Å². The Kier molecular flexibility index (Phi) is 35.8. The number of allylic oxidation sites excluding steroid dienone is 20. The zero-order valence-corrected chi connectivity index (χ0v) is 39.9. The van der Waals surface area contributed by atoms with Gasteiger partial charge < -0.3 is 45.0 Å². The zero-order chi connectivity index (χ0) is 48.7. The maximum atomic E-state index is 12.8. The van der Waals surface area contributed by atoms with Crippen LogP contribution < -0.4 is 0 Å². The molecule has 0 spiro atoms. The van der Waals surface area contributed by atoms with E-state index in [0.717, 1.165) is 70.6 Å². The predicted octanol–water partition coefficient (Wildman–Crippen LogP) is 8.36. The van der Waals surface area contributed by atoms with Crippen LogP contribution in [0.4, 0.5) is 0 Å². The van der Waals surface area contributed by atoms with Gasteiger partial charge in [0.05, 0.1) is 12.7 Å². The van der Waals surface area contributed by atoms with Crippen molar-refractivity contribution in [2.24, 2.45) is 0 Å². The molecule has 0 aromatic carbocycles. The largest absolute Gasteiger partial charge is 0.472 e. The van der Waals surface area contributed by atoms with Crippen LogP contribution >= 0.6 is 7.82 Å². The number of unbranched alkanes of at least 4 members (excludes halogenated alkanes) is 2. The second kappa shape index (κ2) is 39.2. The van der Waals surface area contributed by atoms with Crippen molar-refractivity contribution >= 4 is 19.8 Å². The van der Waals surface area contributed by atoms with E-state index in [4.69, 9.17) is 18.5 Å². The molecule has 0 aromatic rings. The fourth-order valence-electron chi connectivity index (χ4n) is 6.09. The van der Waals surface area contributed by atoms with Crippen molar-refractivity contribution in [3.8, 4) is 0 Å². The van der Waals surface area contributed by atoms with Gasteiger partial charge in [-0.3, -0.25) is 18.6 Å². The minimum absolute atomic E-state index is 0.0545. The molecule has 1 fully saturated rings. The van der Waals surface area contributed by atoms with Gasteiger partial charge in [-0.15, -0.1) is 0 Å². The smallest absolute Gasteiger partial charge is 0.462 e. The van der Waals surface area contributed by atoms with Gasteiger partial charge in [-0.2, -0.15) is 0 Å². The molecule has 1 saturated carbocycles. The van der Waals surface area contributed by atoms with Crippen LogP contribution in [0.3, 0.4) is 0 Å². The SMILES string of the molecule is CC/C=C\C/C=C\C/C=C\C/C=C\C/C=C\C/C=C\CCC(=O)O[C@H](COC(=O)CCC/C=C\C/C=C\C/C=C\C/C=C\CCC[C@@H](C)O)COP(=O)(O)OC1[C@H](O)[C@H](O)C(O)[C@H](O)[C@H]1O. The molecular weight excluding hydrogens is 868 g/mol. The Bertz CT molecular complexity index is 1630. The van der Waals surface area contributed by atoms with Crippen LogP contribution in [-0.2, 0) is 32.7 Å². The van der Waals surface area contributed by atoms with Crippen molar-refractivity contribution in [3.05, 3.63) is 122 Å². The molecule has 0 heterocycles. The summed E-state index contributed by atoms with van der Waals surface area (Å²) in [7, 11) is -5.17. The highest BCUT2D eigenvalue weighted by molar-refractivity contribution is 7.47. The number of carbonyl (C=O) groups is 2. The lowest BCUT2D eigenvalue weighted by molar-refractivity contribution is -0.220. The third kappa shape index (κ3) is 32.0. The monoisotopic (exact) mass is 947 g/mol. The zero-order valence-electron chi connectivity index (χ0n) is 39.0. The van der Waals surface area contributed by atoms with Crippen molar-refractivity contribution in [2.45, 2.75) is 172 Å².